The standard InChI is InChI=1S/C20H29BrO2/c1-13(10-15-11-20(8-9-20)18(22)23-15)16-5-6-17-14(12-21)4-3-7-19(16,17)2/h12-13,15-17H,3-11H2,1-2H3/t13-,15?,16-,17?,19-/m1/s1. The molecule has 3 heteroatoms. The van der Waals surface area contributed by atoms with Crippen LogP contribution in [0, 0.1) is 28.6 Å². The Morgan fingerprint density at radius 3 is 2.78 bits per heavy atom. The van der Waals surface area contributed by atoms with Crippen LogP contribution in [-0.2, 0) is 9.53 Å². The van der Waals surface area contributed by atoms with E-state index in [1.807, 2.05) is 0 Å². The maximum Gasteiger partial charge on any atom is 0.312 e. The van der Waals surface area contributed by atoms with Crippen molar-refractivity contribution in [1.29, 1.82) is 0 Å². The van der Waals surface area contributed by atoms with Gasteiger partial charge in [0.2, 0.25) is 0 Å². The van der Waals surface area contributed by atoms with Crippen molar-refractivity contribution in [3.05, 3.63) is 10.6 Å². The van der Waals surface area contributed by atoms with Crippen LogP contribution < -0.4 is 0 Å². The zero-order chi connectivity index (χ0) is 16.2. The van der Waals surface area contributed by atoms with Crippen LogP contribution in [0.1, 0.15) is 71.6 Å². The SMILES string of the molecule is C[C@H](CC1CC2(CC2)C(=O)O1)[C@H]1CCC2C(=CBr)CCC[C@@]21C. The zero-order valence-corrected chi connectivity index (χ0v) is 16.0. The first kappa shape index (κ1) is 16.2. The highest BCUT2D eigenvalue weighted by Crippen LogP contribution is 2.61. The lowest BCUT2D eigenvalue weighted by atomic mass is 9.61. The predicted molar refractivity (Wildman–Crippen MR) is 95.1 cm³/mol. The molecule has 1 aliphatic heterocycles. The first-order valence-corrected chi connectivity index (χ1v) is 10.4. The summed E-state index contributed by atoms with van der Waals surface area (Å²) in [6.07, 6.45) is 11.1. The maximum atomic E-state index is 12.0. The van der Waals surface area contributed by atoms with Crippen molar-refractivity contribution in [2.75, 3.05) is 0 Å². The maximum absolute atomic E-state index is 12.0. The quantitative estimate of drug-likeness (QED) is 0.595. The second kappa shape index (κ2) is 5.61. The summed E-state index contributed by atoms with van der Waals surface area (Å²) in [6, 6.07) is 0. The van der Waals surface area contributed by atoms with Gasteiger partial charge in [0.25, 0.3) is 0 Å². The van der Waals surface area contributed by atoms with E-state index in [1.54, 1.807) is 5.57 Å². The second-order valence-corrected chi connectivity index (χ2v) is 9.46. The van der Waals surface area contributed by atoms with E-state index in [4.69, 9.17) is 4.74 Å². The highest BCUT2D eigenvalue weighted by molar-refractivity contribution is 9.11. The van der Waals surface area contributed by atoms with E-state index in [9.17, 15) is 4.79 Å². The number of rotatable bonds is 3. The molecular formula is C20H29BrO2. The summed E-state index contributed by atoms with van der Waals surface area (Å²) in [4.78, 5) is 14.2. The number of halogens is 1. The van der Waals surface area contributed by atoms with Crippen LogP contribution in [0.15, 0.2) is 10.6 Å². The van der Waals surface area contributed by atoms with Crippen molar-refractivity contribution >= 4 is 21.9 Å². The summed E-state index contributed by atoms with van der Waals surface area (Å²) in [5.41, 5.74) is 2.05. The first-order valence-electron chi connectivity index (χ1n) is 9.49. The van der Waals surface area contributed by atoms with Gasteiger partial charge in [-0.15, -0.1) is 0 Å². The molecule has 0 aromatic heterocycles. The molecule has 0 bridgehead atoms. The number of cyclic esters (lactones) is 1. The topological polar surface area (TPSA) is 26.3 Å². The summed E-state index contributed by atoms with van der Waals surface area (Å²) in [5, 5.41) is 0. The summed E-state index contributed by atoms with van der Waals surface area (Å²) in [7, 11) is 0. The van der Waals surface area contributed by atoms with Crippen molar-refractivity contribution in [3.63, 3.8) is 0 Å². The molecule has 4 aliphatic rings. The Hall–Kier alpha value is -0.310. The molecule has 2 unspecified atom stereocenters. The fourth-order valence-corrected chi connectivity index (χ4v) is 6.80. The van der Waals surface area contributed by atoms with Crippen LogP contribution in [0.2, 0.25) is 0 Å². The lowest BCUT2D eigenvalue weighted by Gasteiger charge is -2.44. The van der Waals surface area contributed by atoms with Crippen molar-refractivity contribution in [2.45, 2.75) is 77.7 Å². The van der Waals surface area contributed by atoms with Gasteiger partial charge in [0.15, 0.2) is 0 Å². The van der Waals surface area contributed by atoms with Gasteiger partial charge in [-0.3, -0.25) is 4.79 Å². The molecule has 128 valence electrons. The molecule has 1 saturated heterocycles. The van der Waals surface area contributed by atoms with E-state index in [1.165, 1.54) is 32.1 Å². The molecule has 4 rings (SSSR count). The van der Waals surface area contributed by atoms with E-state index in [-0.39, 0.29) is 17.5 Å². The van der Waals surface area contributed by atoms with Gasteiger partial charge < -0.3 is 4.74 Å². The molecule has 0 radical (unpaired) electrons. The minimum Gasteiger partial charge on any atom is -0.462 e. The Morgan fingerprint density at radius 1 is 1.35 bits per heavy atom. The minimum atomic E-state index is -0.0385. The highest BCUT2D eigenvalue weighted by atomic mass is 79.9. The van der Waals surface area contributed by atoms with Crippen LogP contribution in [0.4, 0.5) is 0 Å². The van der Waals surface area contributed by atoms with Gasteiger partial charge in [-0.25, -0.2) is 0 Å². The number of carbonyl (C=O) groups is 1. The summed E-state index contributed by atoms with van der Waals surface area (Å²) < 4.78 is 5.72. The van der Waals surface area contributed by atoms with E-state index in [2.05, 4.69) is 34.8 Å². The Bertz CT molecular complexity index is 536. The molecular weight excluding hydrogens is 352 g/mol. The third-order valence-corrected chi connectivity index (χ3v) is 8.27. The van der Waals surface area contributed by atoms with Crippen LogP contribution >= 0.6 is 15.9 Å². The molecule has 1 spiro atoms. The van der Waals surface area contributed by atoms with E-state index >= 15 is 0 Å². The number of hydrogen-bond donors (Lipinski definition) is 0. The predicted octanol–water partition coefficient (Wildman–Crippen LogP) is 5.60. The molecule has 23 heavy (non-hydrogen) atoms. The van der Waals surface area contributed by atoms with Crippen molar-refractivity contribution < 1.29 is 9.53 Å². The van der Waals surface area contributed by atoms with Gasteiger partial charge in [0.1, 0.15) is 6.10 Å². The fraction of sp³-hybridized carbons (Fsp3) is 0.850. The molecule has 0 aromatic rings. The lowest BCUT2D eigenvalue weighted by molar-refractivity contribution is -0.145. The number of carbonyl (C=O) groups excluding carboxylic acids is 1. The molecule has 0 aromatic carbocycles. The third-order valence-electron chi connectivity index (χ3n) is 7.68. The molecule has 4 fully saturated rings. The normalized spacial score (nSPS) is 44.4. The number of allylic oxidation sites excluding steroid dienone is 1. The number of esters is 1. The Morgan fingerprint density at radius 2 is 2.13 bits per heavy atom. The highest BCUT2D eigenvalue weighted by Gasteiger charge is 2.58. The van der Waals surface area contributed by atoms with Crippen molar-refractivity contribution in [1.82, 2.24) is 0 Å². The Kier molecular flexibility index (Phi) is 3.94. The van der Waals surface area contributed by atoms with Gasteiger partial charge in [0, 0.05) is 6.42 Å². The van der Waals surface area contributed by atoms with Gasteiger partial charge >= 0.3 is 5.97 Å². The molecule has 3 aliphatic carbocycles. The molecule has 0 N–H and O–H groups in total. The summed E-state index contributed by atoms with van der Waals surface area (Å²) in [6.45, 7) is 4.95. The van der Waals surface area contributed by atoms with E-state index < -0.39 is 0 Å². The lowest BCUT2D eigenvalue weighted by Crippen LogP contribution is -2.36. The Balaban J connectivity index is 1.44. The molecule has 0 amide bonds. The average molecular weight is 381 g/mol. The molecule has 2 nitrogen and oxygen atoms in total. The van der Waals surface area contributed by atoms with Crippen LogP contribution in [-0.4, -0.2) is 12.1 Å². The number of ether oxygens (including phenoxy) is 1. The van der Waals surface area contributed by atoms with E-state index in [0.717, 1.165) is 37.5 Å². The van der Waals surface area contributed by atoms with Crippen LogP contribution in [0.25, 0.3) is 0 Å². The van der Waals surface area contributed by atoms with Crippen LogP contribution in [0.3, 0.4) is 0 Å². The first-order chi connectivity index (χ1) is 11.0. The monoisotopic (exact) mass is 380 g/mol. The fourth-order valence-electron chi connectivity index (χ4n) is 6.25. The van der Waals surface area contributed by atoms with Gasteiger partial charge in [-0.1, -0.05) is 35.4 Å². The van der Waals surface area contributed by atoms with Gasteiger partial charge in [-0.2, -0.15) is 0 Å². The number of fused-ring (bicyclic) bond motifs is 1. The number of hydrogen-bond acceptors (Lipinski definition) is 2. The largest absolute Gasteiger partial charge is 0.462 e. The summed E-state index contributed by atoms with van der Waals surface area (Å²) >= 11 is 3.61. The molecule has 5 atom stereocenters. The van der Waals surface area contributed by atoms with Gasteiger partial charge in [0.05, 0.1) is 5.41 Å². The van der Waals surface area contributed by atoms with E-state index in [0.29, 0.717) is 11.3 Å². The third kappa shape index (κ3) is 2.53. The smallest absolute Gasteiger partial charge is 0.312 e. The zero-order valence-electron chi connectivity index (χ0n) is 14.4. The van der Waals surface area contributed by atoms with Gasteiger partial charge in [-0.05, 0) is 79.5 Å². The van der Waals surface area contributed by atoms with Crippen LogP contribution in [0.5, 0.6) is 0 Å². The second-order valence-electron chi connectivity index (χ2n) is 9.00. The van der Waals surface area contributed by atoms with Crippen molar-refractivity contribution in [2.24, 2.45) is 28.6 Å². The van der Waals surface area contributed by atoms with Crippen molar-refractivity contribution in [3.8, 4) is 0 Å². The minimum absolute atomic E-state index is 0.0385. The Labute approximate surface area is 148 Å². The molecule has 1 heterocycles. The summed E-state index contributed by atoms with van der Waals surface area (Å²) in [5.74, 6) is 2.31. The average Bonchev–Trinajstić information content (AvgIpc) is 3.10. The molecule has 3 saturated carbocycles.